The number of hydrogen-bond acceptors (Lipinski definition) is 6. The molecular weight excluding hydrogens is 344 g/mol. The maximum atomic E-state index is 12.5. The molecule has 4 rings (SSSR count). The average molecular weight is 362 g/mol. The zero-order valence-electron chi connectivity index (χ0n) is 14.6. The number of H-pyrrole nitrogens is 1. The summed E-state index contributed by atoms with van der Waals surface area (Å²) in [5.41, 5.74) is 1.78. The molecule has 0 saturated carbocycles. The van der Waals surface area contributed by atoms with Crippen molar-refractivity contribution in [1.82, 2.24) is 25.3 Å². The van der Waals surface area contributed by atoms with Gasteiger partial charge in [0, 0.05) is 37.8 Å². The lowest BCUT2D eigenvalue weighted by atomic mass is 10.1. The summed E-state index contributed by atoms with van der Waals surface area (Å²) in [6.07, 6.45) is 0. The van der Waals surface area contributed by atoms with Gasteiger partial charge in [-0.2, -0.15) is 5.10 Å². The minimum Gasteiger partial charge on any atom is -0.352 e. The summed E-state index contributed by atoms with van der Waals surface area (Å²) in [5, 5.41) is 14.8. The number of piperazine rings is 1. The molecule has 0 radical (unpaired) electrons. The van der Waals surface area contributed by atoms with E-state index in [1.54, 1.807) is 4.90 Å². The number of nitrogens with one attached hydrogen (secondary N) is 1. The van der Waals surface area contributed by atoms with E-state index in [0.29, 0.717) is 26.2 Å². The Kier molecular flexibility index (Phi) is 4.61. The Labute approximate surface area is 155 Å². The molecule has 0 atom stereocenters. The molecule has 0 spiro atoms. The quantitative estimate of drug-likeness (QED) is 0.752. The normalized spacial score (nSPS) is 14.2. The van der Waals surface area contributed by atoms with Crippen LogP contribution in [0.3, 0.4) is 0 Å². The zero-order valence-corrected chi connectivity index (χ0v) is 14.6. The first kappa shape index (κ1) is 16.9. The van der Waals surface area contributed by atoms with Crippen molar-refractivity contribution in [2.24, 2.45) is 0 Å². The predicted molar refractivity (Wildman–Crippen MR) is 100 cm³/mol. The fourth-order valence-electron chi connectivity index (χ4n) is 3.02. The van der Waals surface area contributed by atoms with Crippen LogP contribution >= 0.6 is 0 Å². The van der Waals surface area contributed by atoms with E-state index in [1.165, 1.54) is 12.1 Å². The number of anilines is 1. The third-order valence-corrected chi connectivity index (χ3v) is 4.51. The van der Waals surface area contributed by atoms with Crippen molar-refractivity contribution in [2.45, 2.75) is 0 Å². The second-order valence-corrected chi connectivity index (χ2v) is 6.23. The molecular formula is C19H18N6O2. The minimum absolute atomic E-state index is 0.184. The Balaban J connectivity index is 1.39. The molecule has 1 N–H and O–H groups in total. The van der Waals surface area contributed by atoms with E-state index in [1.807, 2.05) is 42.5 Å². The van der Waals surface area contributed by atoms with Gasteiger partial charge in [0.15, 0.2) is 5.82 Å². The van der Waals surface area contributed by atoms with Crippen LogP contribution in [0.2, 0.25) is 0 Å². The number of carbonyl (C=O) groups excluding carboxylic acids is 1. The number of carbonyl (C=O) groups is 1. The molecule has 1 fully saturated rings. The molecule has 0 aliphatic carbocycles. The predicted octanol–water partition coefficient (Wildman–Crippen LogP) is 1.19. The van der Waals surface area contributed by atoms with Gasteiger partial charge in [0.05, 0.1) is 5.69 Å². The lowest BCUT2D eigenvalue weighted by Crippen LogP contribution is -2.49. The summed E-state index contributed by atoms with van der Waals surface area (Å²) in [5.74, 6) is 0.611. The van der Waals surface area contributed by atoms with Crippen molar-refractivity contribution in [3.05, 3.63) is 70.6 Å². The molecule has 136 valence electrons. The van der Waals surface area contributed by atoms with Crippen molar-refractivity contribution in [2.75, 3.05) is 31.1 Å². The highest BCUT2D eigenvalue weighted by atomic mass is 16.2. The second-order valence-electron chi connectivity index (χ2n) is 6.23. The number of rotatable bonds is 3. The average Bonchev–Trinajstić information content (AvgIpc) is 2.75. The molecule has 1 amide bonds. The lowest BCUT2D eigenvalue weighted by Gasteiger charge is -2.34. The first-order valence-electron chi connectivity index (χ1n) is 8.70. The molecule has 27 heavy (non-hydrogen) atoms. The van der Waals surface area contributed by atoms with Crippen LogP contribution in [-0.4, -0.2) is 57.4 Å². The van der Waals surface area contributed by atoms with Crippen LogP contribution in [0.1, 0.15) is 10.5 Å². The van der Waals surface area contributed by atoms with Crippen LogP contribution in [0.5, 0.6) is 0 Å². The van der Waals surface area contributed by atoms with Crippen LogP contribution < -0.4 is 10.5 Å². The van der Waals surface area contributed by atoms with Crippen molar-refractivity contribution in [3.8, 4) is 11.3 Å². The van der Waals surface area contributed by atoms with Gasteiger partial charge >= 0.3 is 0 Å². The van der Waals surface area contributed by atoms with Gasteiger partial charge < -0.3 is 9.80 Å². The number of nitrogens with zero attached hydrogens (tertiary/aromatic N) is 5. The fraction of sp³-hybridized carbons (Fsp3) is 0.211. The van der Waals surface area contributed by atoms with Crippen LogP contribution in [-0.2, 0) is 0 Å². The molecule has 1 aromatic carbocycles. The highest BCUT2D eigenvalue weighted by Crippen LogP contribution is 2.19. The third-order valence-electron chi connectivity index (χ3n) is 4.51. The summed E-state index contributed by atoms with van der Waals surface area (Å²) < 4.78 is 0. The molecule has 3 aromatic rings. The van der Waals surface area contributed by atoms with Gasteiger partial charge in [0.2, 0.25) is 0 Å². The molecule has 2 aromatic heterocycles. The summed E-state index contributed by atoms with van der Waals surface area (Å²) in [6.45, 7) is 2.44. The van der Waals surface area contributed by atoms with E-state index >= 15 is 0 Å². The summed E-state index contributed by atoms with van der Waals surface area (Å²) >= 11 is 0. The van der Waals surface area contributed by atoms with Gasteiger partial charge in [-0.25, -0.2) is 5.10 Å². The van der Waals surface area contributed by atoms with E-state index in [0.717, 1.165) is 17.1 Å². The first-order valence-corrected chi connectivity index (χ1v) is 8.70. The molecule has 8 heteroatoms. The van der Waals surface area contributed by atoms with Crippen molar-refractivity contribution in [1.29, 1.82) is 0 Å². The SMILES string of the molecule is O=C(c1ccc(=O)[nH]n1)N1CCN(c2ccc(-c3ccccc3)nn2)CC1. The maximum absolute atomic E-state index is 12.5. The Hall–Kier alpha value is -3.55. The van der Waals surface area contributed by atoms with Gasteiger partial charge in [0.1, 0.15) is 5.69 Å². The maximum Gasteiger partial charge on any atom is 0.274 e. The van der Waals surface area contributed by atoms with E-state index < -0.39 is 0 Å². The lowest BCUT2D eigenvalue weighted by molar-refractivity contribution is 0.0739. The largest absolute Gasteiger partial charge is 0.352 e. The van der Waals surface area contributed by atoms with E-state index in [9.17, 15) is 9.59 Å². The number of benzene rings is 1. The van der Waals surface area contributed by atoms with Crippen molar-refractivity contribution < 1.29 is 4.79 Å². The number of aromatic amines is 1. The third kappa shape index (κ3) is 3.69. The van der Waals surface area contributed by atoms with E-state index in [2.05, 4.69) is 25.3 Å². The Morgan fingerprint density at radius 1 is 0.889 bits per heavy atom. The highest BCUT2D eigenvalue weighted by molar-refractivity contribution is 5.92. The van der Waals surface area contributed by atoms with Gasteiger partial charge in [-0.3, -0.25) is 9.59 Å². The highest BCUT2D eigenvalue weighted by Gasteiger charge is 2.24. The number of amides is 1. The standard InChI is InChI=1S/C19H18N6O2/c26-18-9-7-16(21-23-18)19(27)25-12-10-24(11-13-25)17-8-6-15(20-22-17)14-4-2-1-3-5-14/h1-9H,10-13H2,(H,23,26). The van der Waals surface area contributed by atoms with Gasteiger partial charge in [-0.1, -0.05) is 30.3 Å². The molecule has 3 heterocycles. The molecule has 8 nitrogen and oxygen atoms in total. The molecule has 1 aliphatic heterocycles. The number of aromatic nitrogens is 4. The van der Waals surface area contributed by atoms with Crippen molar-refractivity contribution in [3.63, 3.8) is 0 Å². The molecule has 0 unspecified atom stereocenters. The van der Waals surface area contributed by atoms with Crippen LogP contribution in [0.15, 0.2) is 59.4 Å². The van der Waals surface area contributed by atoms with Crippen LogP contribution in [0.25, 0.3) is 11.3 Å². The Morgan fingerprint density at radius 3 is 2.30 bits per heavy atom. The van der Waals surface area contributed by atoms with Gasteiger partial charge in [-0.05, 0) is 18.2 Å². The Morgan fingerprint density at radius 2 is 1.67 bits per heavy atom. The molecule has 1 aliphatic rings. The second kappa shape index (κ2) is 7.36. The van der Waals surface area contributed by atoms with E-state index in [-0.39, 0.29) is 17.2 Å². The number of hydrogen-bond donors (Lipinski definition) is 1. The summed E-state index contributed by atoms with van der Waals surface area (Å²) in [6, 6.07) is 16.6. The summed E-state index contributed by atoms with van der Waals surface area (Å²) in [7, 11) is 0. The van der Waals surface area contributed by atoms with Crippen LogP contribution in [0.4, 0.5) is 5.82 Å². The minimum atomic E-state index is -0.325. The first-order chi connectivity index (χ1) is 13.2. The van der Waals surface area contributed by atoms with Crippen LogP contribution in [0, 0.1) is 0 Å². The van der Waals surface area contributed by atoms with Crippen molar-refractivity contribution >= 4 is 11.7 Å². The van der Waals surface area contributed by atoms with Gasteiger partial charge in [0.25, 0.3) is 11.5 Å². The molecule has 1 saturated heterocycles. The smallest absolute Gasteiger partial charge is 0.274 e. The fourth-order valence-corrected chi connectivity index (χ4v) is 3.02. The summed E-state index contributed by atoms with van der Waals surface area (Å²) in [4.78, 5) is 27.4. The molecule has 0 bridgehead atoms. The Bertz CT molecular complexity index is 959. The topological polar surface area (TPSA) is 95.1 Å². The van der Waals surface area contributed by atoms with E-state index in [4.69, 9.17) is 0 Å². The monoisotopic (exact) mass is 362 g/mol. The zero-order chi connectivity index (χ0) is 18.6. The van der Waals surface area contributed by atoms with Gasteiger partial charge in [-0.15, -0.1) is 10.2 Å².